The van der Waals surface area contributed by atoms with Crippen LogP contribution in [-0.4, -0.2) is 17.8 Å². The Balaban J connectivity index is 2.80. The largest absolute Gasteiger partial charge is 0.384 e. The normalized spacial score (nSPS) is 10.3. The van der Waals surface area contributed by atoms with Gasteiger partial charge in [-0.05, 0) is 18.2 Å². The molecule has 0 fully saturated rings. The molecule has 0 unspecified atom stereocenters. The maximum absolute atomic E-state index is 5.53. The first-order valence-corrected chi connectivity index (χ1v) is 3.53. The molecule has 2 rings (SSSR count). The highest BCUT2D eigenvalue weighted by molar-refractivity contribution is 6.32. The van der Waals surface area contributed by atoms with E-state index in [2.05, 4.69) is 9.97 Å². The number of rotatable bonds is 0. The molecule has 0 spiro atoms. The molecule has 0 bridgehead atoms. The summed E-state index contributed by atoms with van der Waals surface area (Å²) in [6.45, 7) is 0. The molecule has 2 aromatic rings. The van der Waals surface area contributed by atoms with E-state index < -0.39 is 0 Å². The maximum Gasteiger partial charge on any atom is 0.124 e. The van der Waals surface area contributed by atoms with Crippen LogP contribution in [0.2, 0.25) is 0 Å². The average molecular weight is 155 g/mol. The number of pyridine rings is 2. The van der Waals surface area contributed by atoms with Gasteiger partial charge in [0, 0.05) is 6.20 Å². The summed E-state index contributed by atoms with van der Waals surface area (Å²) in [6.07, 6.45) is 1.60. The van der Waals surface area contributed by atoms with Gasteiger partial charge in [0.05, 0.1) is 11.0 Å². The fourth-order valence-corrected chi connectivity index (χ4v) is 1.04. The lowest BCUT2D eigenvalue weighted by atomic mass is 9.98. The minimum absolute atomic E-state index is 0.481. The molecular formula is C8H6BN3. The highest BCUT2D eigenvalue weighted by atomic mass is 14.8. The van der Waals surface area contributed by atoms with Crippen molar-refractivity contribution in [3.63, 3.8) is 0 Å². The van der Waals surface area contributed by atoms with Crippen molar-refractivity contribution in [3.05, 3.63) is 24.4 Å². The maximum atomic E-state index is 5.53. The van der Waals surface area contributed by atoms with Gasteiger partial charge in [0.15, 0.2) is 0 Å². The lowest BCUT2D eigenvalue weighted by molar-refractivity contribution is 1.35. The number of nitrogens with two attached hydrogens (primary N) is 1. The van der Waals surface area contributed by atoms with Crippen molar-refractivity contribution >= 4 is 30.2 Å². The van der Waals surface area contributed by atoms with E-state index >= 15 is 0 Å². The summed E-state index contributed by atoms with van der Waals surface area (Å²) in [6, 6.07) is 5.28. The van der Waals surface area contributed by atoms with Crippen LogP contribution in [0.5, 0.6) is 0 Å². The van der Waals surface area contributed by atoms with Crippen LogP contribution in [0.15, 0.2) is 24.4 Å². The Morgan fingerprint density at radius 3 is 2.92 bits per heavy atom. The van der Waals surface area contributed by atoms with E-state index in [1.54, 1.807) is 18.3 Å². The zero-order chi connectivity index (χ0) is 8.55. The molecule has 2 radical (unpaired) electrons. The molecule has 0 saturated carbocycles. The van der Waals surface area contributed by atoms with Crippen LogP contribution >= 0.6 is 0 Å². The molecule has 0 aliphatic rings. The summed E-state index contributed by atoms with van der Waals surface area (Å²) in [5, 5.41) is 0. The summed E-state index contributed by atoms with van der Waals surface area (Å²) in [4.78, 5) is 8.15. The minimum Gasteiger partial charge on any atom is -0.384 e. The van der Waals surface area contributed by atoms with E-state index in [1.165, 1.54) is 0 Å². The lowest BCUT2D eigenvalue weighted by Crippen LogP contribution is -2.03. The Morgan fingerprint density at radius 1 is 1.25 bits per heavy atom. The molecule has 0 atom stereocenters. The van der Waals surface area contributed by atoms with Gasteiger partial charge in [0.2, 0.25) is 0 Å². The fraction of sp³-hybridized carbons (Fsp3) is 0. The number of aromatic nitrogens is 2. The van der Waals surface area contributed by atoms with Crippen LogP contribution in [0.25, 0.3) is 11.0 Å². The van der Waals surface area contributed by atoms with E-state index in [0.717, 1.165) is 11.0 Å². The van der Waals surface area contributed by atoms with Gasteiger partial charge in [0.25, 0.3) is 0 Å². The lowest BCUT2D eigenvalue weighted by Gasteiger charge is -1.98. The first-order valence-electron chi connectivity index (χ1n) is 3.53. The second-order valence-corrected chi connectivity index (χ2v) is 2.54. The smallest absolute Gasteiger partial charge is 0.124 e. The van der Waals surface area contributed by atoms with Crippen molar-refractivity contribution in [2.45, 2.75) is 0 Å². The Hall–Kier alpha value is -1.58. The van der Waals surface area contributed by atoms with Crippen LogP contribution in [0.3, 0.4) is 0 Å². The summed E-state index contributed by atoms with van der Waals surface area (Å²) in [5.74, 6) is 0.481. The van der Waals surface area contributed by atoms with Gasteiger partial charge in [-0.2, -0.15) is 0 Å². The molecule has 0 aromatic carbocycles. The van der Waals surface area contributed by atoms with Gasteiger partial charge in [0.1, 0.15) is 13.7 Å². The average Bonchev–Trinajstić information content (AvgIpc) is 2.03. The molecular weight excluding hydrogens is 149 g/mol. The second kappa shape index (κ2) is 2.48. The van der Waals surface area contributed by atoms with Gasteiger partial charge in [-0.25, -0.2) is 4.98 Å². The molecule has 3 nitrogen and oxygen atoms in total. The number of nitrogen functional groups attached to an aromatic ring is 1. The first kappa shape index (κ1) is 7.09. The van der Waals surface area contributed by atoms with Gasteiger partial charge in [-0.15, -0.1) is 0 Å². The molecule has 0 aliphatic heterocycles. The van der Waals surface area contributed by atoms with Crippen LogP contribution in [0, 0.1) is 0 Å². The standard InChI is InChI=1S/C8H6BN3/c9-5-3-7-6(11-4-5)1-2-8(10)12-7/h1-4H,(H2,10,12). The van der Waals surface area contributed by atoms with Crippen molar-refractivity contribution < 1.29 is 0 Å². The van der Waals surface area contributed by atoms with Crippen molar-refractivity contribution in [2.24, 2.45) is 0 Å². The zero-order valence-electron chi connectivity index (χ0n) is 6.36. The highest BCUT2D eigenvalue weighted by Crippen LogP contribution is 2.08. The quantitative estimate of drug-likeness (QED) is 0.545. The molecule has 4 heteroatoms. The zero-order valence-corrected chi connectivity index (χ0v) is 6.36. The molecule has 2 N–H and O–H groups in total. The Bertz CT molecular complexity index is 391. The van der Waals surface area contributed by atoms with Crippen LogP contribution < -0.4 is 11.2 Å². The van der Waals surface area contributed by atoms with Gasteiger partial charge < -0.3 is 5.73 Å². The highest BCUT2D eigenvalue weighted by Gasteiger charge is 1.95. The topological polar surface area (TPSA) is 51.8 Å². The predicted octanol–water partition coefficient (Wildman–Crippen LogP) is 0.00580. The first-order chi connectivity index (χ1) is 5.75. The molecule has 0 amide bonds. The van der Waals surface area contributed by atoms with E-state index in [4.69, 9.17) is 13.6 Å². The molecule has 12 heavy (non-hydrogen) atoms. The summed E-state index contributed by atoms with van der Waals surface area (Å²) in [5.41, 5.74) is 7.63. The van der Waals surface area contributed by atoms with E-state index in [0.29, 0.717) is 11.3 Å². The number of fused-ring (bicyclic) bond motifs is 1. The summed E-state index contributed by atoms with van der Waals surface area (Å²) < 4.78 is 0. The Labute approximate surface area is 71.0 Å². The van der Waals surface area contributed by atoms with Crippen molar-refractivity contribution in [2.75, 3.05) is 5.73 Å². The number of hydrogen-bond acceptors (Lipinski definition) is 3. The van der Waals surface area contributed by atoms with Crippen LogP contribution in [0.4, 0.5) is 5.82 Å². The third kappa shape index (κ3) is 1.11. The van der Waals surface area contributed by atoms with Crippen molar-refractivity contribution in [1.29, 1.82) is 0 Å². The monoisotopic (exact) mass is 155 g/mol. The molecule has 56 valence electrons. The third-order valence-corrected chi connectivity index (χ3v) is 1.58. The SMILES string of the molecule is [B]c1cnc2ccc(N)nc2c1. The molecule has 2 heterocycles. The number of hydrogen-bond donors (Lipinski definition) is 1. The van der Waals surface area contributed by atoms with Crippen molar-refractivity contribution in [1.82, 2.24) is 9.97 Å². The number of nitrogens with zero attached hydrogens (tertiary/aromatic N) is 2. The van der Waals surface area contributed by atoms with Gasteiger partial charge in [-0.3, -0.25) is 4.98 Å². The van der Waals surface area contributed by atoms with Crippen LogP contribution in [-0.2, 0) is 0 Å². The van der Waals surface area contributed by atoms with E-state index in [1.807, 2.05) is 6.07 Å². The van der Waals surface area contributed by atoms with Crippen molar-refractivity contribution in [3.8, 4) is 0 Å². The summed E-state index contributed by atoms with van der Waals surface area (Å²) >= 11 is 0. The van der Waals surface area contributed by atoms with E-state index in [9.17, 15) is 0 Å². The second-order valence-electron chi connectivity index (χ2n) is 2.54. The van der Waals surface area contributed by atoms with Gasteiger partial charge in [-0.1, -0.05) is 5.46 Å². The fourth-order valence-electron chi connectivity index (χ4n) is 1.04. The molecule has 0 saturated heterocycles. The summed E-state index contributed by atoms with van der Waals surface area (Å²) in [7, 11) is 5.53. The third-order valence-electron chi connectivity index (χ3n) is 1.58. The van der Waals surface area contributed by atoms with Crippen LogP contribution in [0.1, 0.15) is 0 Å². The predicted molar refractivity (Wildman–Crippen MR) is 49.3 cm³/mol. The molecule has 0 aliphatic carbocycles. The molecule has 2 aromatic heterocycles. The Kier molecular flexibility index (Phi) is 1.47. The van der Waals surface area contributed by atoms with Gasteiger partial charge >= 0.3 is 0 Å². The minimum atomic E-state index is 0.481. The number of anilines is 1. The Morgan fingerprint density at radius 2 is 2.08 bits per heavy atom. The van der Waals surface area contributed by atoms with E-state index in [-0.39, 0.29) is 0 Å².